The summed E-state index contributed by atoms with van der Waals surface area (Å²) in [5.41, 5.74) is -0.572. The highest BCUT2D eigenvalue weighted by molar-refractivity contribution is 7.18. The van der Waals surface area contributed by atoms with Crippen LogP contribution in [0.5, 0.6) is 0 Å². The van der Waals surface area contributed by atoms with Crippen molar-refractivity contribution in [2.24, 2.45) is 0 Å². The molecule has 2 aromatic heterocycles. The van der Waals surface area contributed by atoms with Crippen molar-refractivity contribution in [1.29, 1.82) is 0 Å². The van der Waals surface area contributed by atoms with Crippen molar-refractivity contribution in [2.75, 3.05) is 0 Å². The Bertz CT molecular complexity index is 1220. The monoisotopic (exact) mass is 420 g/mol. The molecule has 2 aromatic carbocycles. The zero-order valence-corrected chi connectivity index (χ0v) is 17.3. The van der Waals surface area contributed by atoms with Crippen LogP contribution in [0.4, 0.5) is 0 Å². The lowest BCUT2D eigenvalue weighted by Crippen LogP contribution is -2.38. The number of carbonyl (C=O) groups excluding carboxylic acids is 1. The molecule has 152 valence electrons. The average Bonchev–Trinajstić information content (AvgIpc) is 3.06. The van der Waals surface area contributed by atoms with Gasteiger partial charge >= 0.3 is 5.97 Å². The molecular weight excluding hydrogens is 400 g/mol. The number of esters is 1. The number of thiophene rings is 1. The Morgan fingerprint density at radius 2 is 1.63 bits per heavy atom. The molecule has 0 aliphatic heterocycles. The molecule has 0 aliphatic rings. The van der Waals surface area contributed by atoms with Crippen LogP contribution in [0, 0.1) is 13.8 Å². The average molecular weight is 420 g/mol. The first-order chi connectivity index (χ1) is 14.4. The third-order valence-electron chi connectivity index (χ3n) is 5.11. The Balaban J connectivity index is 1.66. The van der Waals surface area contributed by atoms with Gasteiger partial charge in [-0.25, -0.2) is 9.78 Å². The van der Waals surface area contributed by atoms with Gasteiger partial charge in [-0.15, -0.1) is 11.3 Å². The van der Waals surface area contributed by atoms with Crippen LogP contribution in [0.3, 0.4) is 0 Å². The third-order valence-corrected chi connectivity index (χ3v) is 6.21. The first-order valence-corrected chi connectivity index (χ1v) is 10.2. The quantitative estimate of drug-likeness (QED) is 0.482. The van der Waals surface area contributed by atoms with Crippen LogP contribution in [0.15, 0.2) is 65.5 Å². The van der Waals surface area contributed by atoms with Crippen LogP contribution in [0.2, 0.25) is 0 Å². The molecule has 0 aliphatic carbocycles. The summed E-state index contributed by atoms with van der Waals surface area (Å²) in [4.78, 5) is 34.2. The van der Waals surface area contributed by atoms with Gasteiger partial charge in [0.15, 0.2) is 0 Å². The fourth-order valence-corrected chi connectivity index (χ4v) is 4.42. The van der Waals surface area contributed by atoms with E-state index in [-0.39, 0.29) is 18.0 Å². The molecule has 0 fully saturated rings. The Labute approximate surface area is 176 Å². The number of aliphatic hydroxyl groups is 1. The second-order valence-electron chi connectivity index (χ2n) is 6.99. The summed E-state index contributed by atoms with van der Waals surface area (Å²) >= 11 is 1.42. The summed E-state index contributed by atoms with van der Waals surface area (Å²) in [5, 5.41) is 12.0. The molecule has 30 heavy (non-hydrogen) atoms. The molecule has 0 atom stereocenters. The second-order valence-corrected chi connectivity index (χ2v) is 8.20. The van der Waals surface area contributed by atoms with E-state index in [0.29, 0.717) is 21.3 Å². The molecule has 6 nitrogen and oxygen atoms in total. The van der Waals surface area contributed by atoms with Crippen molar-refractivity contribution in [3.8, 4) is 0 Å². The molecule has 0 unspecified atom stereocenters. The minimum atomic E-state index is -1.98. The fraction of sp³-hybridized carbons (Fsp3) is 0.174. The van der Waals surface area contributed by atoms with E-state index in [1.54, 1.807) is 60.7 Å². The zero-order chi connectivity index (χ0) is 21.3. The van der Waals surface area contributed by atoms with E-state index >= 15 is 0 Å². The SMILES string of the molecule is Cc1sc2nc(COC(=O)C(O)(c3ccccc3)c3ccccc3)[nH]c(=O)c2c1C. The van der Waals surface area contributed by atoms with E-state index in [1.165, 1.54) is 11.3 Å². The van der Waals surface area contributed by atoms with Gasteiger partial charge in [-0.05, 0) is 30.5 Å². The van der Waals surface area contributed by atoms with Gasteiger partial charge < -0.3 is 14.8 Å². The van der Waals surface area contributed by atoms with Crippen molar-refractivity contribution in [3.63, 3.8) is 0 Å². The number of benzene rings is 2. The highest BCUT2D eigenvalue weighted by Crippen LogP contribution is 2.31. The number of aryl methyl sites for hydroxylation is 2. The number of aromatic amines is 1. The summed E-state index contributed by atoms with van der Waals surface area (Å²) in [6, 6.07) is 17.2. The van der Waals surface area contributed by atoms with E-state index in [9.17, 15) is 14.7 Å². The number of carbonyl (C=O) groups is 1. The van der Waals surface area contributed by atoms with Crippen LogP contribution in [0.25, 0.3) is 10.2 Å². The molecule has 7 heteroatoms. The summed E-state index contributed by atoms with van der Waals surface area (Å²) < 4.78 is 5.43. The van der Waals surface area contributed by atoms with E-state index in [1.807, 2.05) is 13.8 Å². The molecule has 0 amide bonds. The van der Waals surface area contributed by atoms with Crippen LogP contribution in [-0.2, 0) is 21.7 Å². The lowest BCUT2D eigenvalue weighted by atomic mass is 9.86. The summed E-state index contributed by atoms with van der Waals surface area (Å²) in [5.74, 6) is -0.619. The number of nitrogens with zero attached hydrogens (tertiary/aromatic N) is 1. The van der Waals surface area contributed by atoms with Gasteiger partial charge in [0.2, 0.25) is 5.60 Å². The molecule has 4 aromatic rings. The molecule has 2 N–H and O–H groups in total. The number of hydrogen-bond donors (Lipinski definition) is 2. The van der Waals surface area contributed by atoms with Gasteiger partial charge in [-0.1, -0.05) is 60.7 Å². The molecule has 0 saturated carbocycles. The van der Waals surface area contributed by atoms with E-state index < -0.39 is 11.6 Å². The molecule has 0 saturated heterocycles. The second kappa shape index (κ2) is 7.85. The van der Waals surface area contributed by atoms with Crippen molar-refractivity contribution < 1.29 is 14.6 Å². The Morgan fingerprint density at radius 1 is 1.07 bits per heavy atom. The molecule has 0 spiro atoms. The number of aromatic nitrogens is 2. The van der Waals surface area contributed by atoms with Crippen LogP contribution in [-0.4, -0.2) is 21.0 Å². The molecule has 0 bridgehead atoms. The van der Waals surface area contributed by atoms with Crippen LogP contribution >= 0.6 is 11.3 Å². The van der Waals surface area contributed by atoms with Crippen molar-refractivity contribution >= 4 is 27.5 Å². The van der Waals surface area contributed by atoms with Gasteiger partial charge in [-0.2, -0.15) is 0 Å². The number of H-pyrrole nitrogens is 1. The van der Waals surface area contributed by atoms with Crippen LogP contribution < -0.4 is 5.56 Å². The number of ether oxygens (including phenoxy) is 1. The lowest BCUT2D eigenvalue weighted by molar-refractivity contribution is -0.163. The van der Waals surface area contributed by atoms with Crippen molar-refractivity contribution in [2.45, 2.75) is 26.1 Å². The number of hydrogen-bond acceptors (Lipinski definition) is 6. The maximum atomic E-state index is 13.1. The van der Waals surface area contributed by atoms with Gasteiger partial charge in [0.1, 0.15) is 17.3 Å². The summed E-state index contributed by atoms with van der Waals surface area (Å²) in [7, 11) is 0. The standard InChI is InChI=1S/C23H20N2O4S/c1-14-15(2)30-21-19(14)20(26)24-18(25-21)13-29-22(27)23(28,16-9-5-3-6-10-16)17-11-7-4-8-12-17/h3-12,28H,13H2,1-2H3,(H,24,25,26). The van der Waals surface area contributed by atoms with Gasteiger partial charge in [0, 0.05) is 4.88 Å². The van der Waals surface area contributed by atoms with Gasteiger partial charge in [0.05, 0.1) is 5.39 Å². The highest BCUT2D eigenvalue weighted by Gasteiger charge is 2.41. The number of fused-ring (bicyclic) bond motifs is 1. The summed E-state index contributed by atoms with van der Waals surface area (Å²) in [6.45, 7) is 3.55. The number of nitrogens with one attached hydrogen (secondary N) is 1. The van der Waals surface area contributed by atoms with E-state index in [4.69, 9.17) is 4.74 Å². The minimum absolute atomic E-state index is 0.227. The predicted molar refractivity (Wildman–Crippen MR) is 115 cm³/mol. The van der Waals surface area contributed by atoms with E-state index in [0.717, 1.165) is 10.4 Å². The lowest BCUT2D eigenvalue weighted by Gasteiger charge is -2.27. The van der Waals surface area contributed by atoms with Crippen molar-refractivity contribution in [1.82, 2.24) is 9.97 Å². The Hall–Kier alpha value is -3.29. The topological polar surface area (TPSA) is 92.3 Å². The highest BCUT2D eigenvalue weighted by atomic mass is 32.1. The third kappa shape index (κ3) is 3.42. The molecule has 2 heterocycles. The molecular formula is C23H20N2O4S. The molecule has 4 rings (SSSR count). The maximum absolute atomic E-state index is 13.1. The fourth-order valence-electron chi connectivity index (χ4n) is 3.37. The Kier molecular flexibility index (Phi) is 5.24. The first kappa shape index (κ1) is 20.0. The van der Waals surface area contributed by atoms with Gasteiger partial charge in [-0.3, -0.25) is 4.79 Å². The smallest absolute Gasteiger partial charge is 0.348 e. The minimum Gasteiger partial charge on any atom is -0.455 e. The van der Waals surface area contributed by atoms with Crippen molar-refractivity contribution in [3.05, 3.63) is 98.4 Å². The summed E-state index contributed by atoms with van der Waals surface area (Å²) in [6.07, 6.45) is 0. The molecule has 0 radical (unpaired) electrons. The largest absolute Gasteiger partial charge is 0.455 e. The first-order valence-electron chi connectivity index (χ1n) is 9.41. The van der Waals surface area contributed by atoms with Crippen LogP contribution in [0.1, 0.15) is 27.4 Å². The zero-order valence-electron chi connectivity index (χ0n) is 16.5. The van der Waals surface area contributed by atoms with E-state index in [2.05, 4.69) is 9.97 Å². The normalized spacial score (nSPS) is 11.6. The maximum Gasteiger partial charge on any atom is 0.348 e. The van der Waals surface area contributed by atoms with Gasteiger partial charge in [0.25, 0.3) is 5.56 Å². The Morgan fingerprint density at radius 3 is 2.20 bits per heavy atom. The predicted octanol–water partition coefficient (Wildman–Crippen LogP) is 3.58. The number of rotatable bonds is 5.